The molecule has 1 N–H and O–H groups in total. The van der Waals surface area contributed by atoms with Crippen molar-refractivity contribution in [3.8, 4) is 5.88 Å². The third-order valence-corrected chi connectivity index (χ3v) is 2.48. The van der Waals surface area contributed by atoms with Crippen LogP contribution in [0.4, 0.5) is 0 Å². The van der Waals surface area contributed by atoms with Crippen LogP contribution in [-0.4, -0.2) is 22.0 Å². The van der Waals surface area contributed by atoms with Crippen LogP contribution in [0.1, 0.15) is 22.8 Å². The van der Waals surface area contributed by atoms with Gasteiger partial charge in [-0.05, 0) is 18.6 Å². The first-order chi connectivity index (χ1) is 8.49. The molecule has 0 radical (unpaired) electrons. The first-order valence-electron chi connectivity index (χ1n) is 5.31. The molecule has 0 saturated heterocycles. The first kappa shape index (κ1) is 12.0. The summed E-state index contributed by atoms with van der Waals surface area (Å²) in [5, 5.41) is 9.77. The summed E-state index contributed by atoms with van der Waals surface area (Å²) in [4.78, 5) is 26.2. The molecule has 0 spiro atoms. The van der Waals surface area contributed by atoms with Crippen molar-refractivity contribution < 1.29 is 19.4 Å². The Hall–Kier alpha value is -2.43. The average Bonchev–Trinajstić information content (AvgIpc) is 2.28. The number of carboxylic acids is 1. The van der Waals surface area contributed by atoms with Gasteiger partial charge in [0, 0.05) is 12.3 Å². The zero-order chi connectivity index (χ0) is 13.3. The smallest absolute Gasteiger partial charge is 0.341 e. The van der Waals surface area contributed by atoms with E-state index in [0.717, 1.165) is 5.56 Å². The molecule has 92 valence electrons. The van der Waals surface area contributed by atoms with Crippen LogP contribution in [0, 0.1) is 6.92 Å². The predicted octanol–water partition coefficient (Wildman–Crippen LogP) is 2.17. The zero-order valence-electron chi connectivity index (χ0n) is 9.93. The van der Waals surface area contributed by atoms with Gasteiger partial charge in [-0.15, -0.1) is 0 Å². The van der Waals surface area contributed by atoms with E-state index in [4.69, 9.17) is 9.84 Å². The molecular formula is C13H11NO4. The van der Waals surface area contributed by atoms with E-state index in [1.165, 1.54) is 13.0 Å². The Bertz CT molecular complexity index is 649. The van der Waals surface area contributed by atoms with E-state index in [1.807, 2.05) is 19.1 Å². The third kappa shape index (κ3) is 2.15. The Balaban J connectivity index is 2.72. The maximum absolute atomic E-state index is 11.1. The summed E-state index contributed by atoms with van der Waals surface area (Å²) in [6, 6.07) is 6.89. The number of aromatic nitrogens is 1. The highest BCUT2D eigenvalue weighted by Crippen LogP contribution is 2.24. The number of carboxylic acid groups (broad SMARTS) is 1. The quantitative estimate of drug-likeness (QED) is 0.820. The Morgan fingerprint density at radius 3 is 2.67 bits per heavy atom. The third-order valence-electron chi connectivity index (χ3n) is 2.48. The molecule has 1 aromatic carbocycles. The fourth-order valence-electron chi connectivity index (χ4n) is 1.70. The van der Waals surface area contributed by atoms with E-state index >= 15 is 0 Å². The molecule has 2 rings (SSSR count). The van der Waals surface area contributed by atoms with Crippen LogP contribution in [0.25, 0.3) is 10.9 Å². The zero-order valence-corrected chi connectivity index (χ0v) is 9.93. The van der Waals surface area contributed by atoms with Crippen LogP contribution in [-0.2, 0) is 4.79 Å². The SMILES string of the molecule is CC(=O)Oc1nc2c(C)cccc2cc1C(=O)O. The maximum atomic E-state index is 11.1. The highest BCUT2D eigenvalue weighted by atomic mass is 16.5. The van der Waals surface area contributed by atoms with E-state index in [1.54, 1.807) is 6.07 Å². The summed E-state index contributed by atoms with van der Waals surface area (Å²) in [5.41, 5.74) is 1.39. The van der Waals surface area contributed by atoms with Crippen LogP contribution >= 0.6 is 0 Å². The first-order valence-corrected chi connectivity index (χ1v) is 5.31. The van der Waals surface area contributed by atoms with Crippen LogP contribution in [0.3, 0.4) is 0 Å². The number of carbonyl (C=O) groups excluding carboxylic acids is 1. The second kappa shape index (κ2) is 4.44. The lowest BCUT2D eigenvalue weighted by molar-refractivity contribution is -0.132. The minimum absolute atomic E-state index is 0.122. The molecular weight excluding hydrogens is 234 g/mol. The van der Waals surface area contributed by atoms with Gasteiger partial charge in [0.1, 0.15) is 5.56 Å². The lowest BCUT2D eigenvalue weighted by Crippen LogP contribution is -2.09. The Labute approximate surface area is 103 Å². The Morgan fingerprint density at radius 1 is 1.33 bits per heavy atom. The maximum Gasteiger partial charge on any atom is 0.341 e. The summed E-state index contributed by atoms with van der Waals surface area (Å²) in [6.45, 7) is 3.06. The van der Waals surface area contributed by atoms with Crippen molar-refractivity contribution in [1.29, 1.82) is 0 Å². The van der Waals surface area contributed by atoms with Crippen molar-refractivity contribution in [3.05, 3.63) is 35.4 Å². The van der Waals surface area contributed by atoms with Gasteiger partial charge in [-0.2, -0.15) is 0 Å². The lowest BCUT2D eigenvalue weighted by atomic mass is 10.1. The molecule has 18 heavy (non-hydrogen) atoms. The molecule has 1 aromatic heterocycles. The highest BCUT2D eigenvalue weighted by Gasteiger charge is 2.16. The molecule has 0 aliphatic heterocycles. The normalized spacial score (nSPS) is 10.3. The molecule has 0 atom stereocenters. The topological polar surface area (TPSA) is 76.5 Å². The van der Waals surface area contributed by atoms with Crippen LogP contribution in [0.5, 0.6) is 5.88 Å². The number of aryl methyl sites for hydroxylation is 1. The number of ether oxygens (including phenoxy) is 1. The predicted molar refractivity (Wildman–Crippen MR) is 64.7 cm³/mol. The molecule has 0 unspecified atom stereocenters. The van der Waals surface area contributed by atoms with Gasteiger partial charge < -0.3 is 9.84 Å². The largest absolute Gasteiger partial charge is 0.477 e. The van der Waals surface area contributed by atoms with E-state index in [-0.39, 0.29) is 11.4 Å². The second-order valence-electron chi connectivity index (χ2n) is 3.89. The van der Waals surface area contributed by atoms with Gasteiger partial charge in [-0.1, -0.05) is 18.2 Å². The minimum atomic E-state index is -1.18. The number of pyridine rings is 1. The lowest BCUT2D eigenvalue weighted by Gasteiger charge is -2.08. The summed E-state index contributed by atoms with van der Waals surface area (Å²) in [7, 11) is 0. The Morgan fingerprint density at radius 2 is 2.06 bits per heavy atom. The molecule has 0 aliphatic carbocycles. The molecule has 0 fully saturated rings. The van der Waals surface area contributed by atoms with Gasteiger partial charge in [0.2, 0.25) is 5.88 Å². The fourth-order valence-corrected chi connectivity index (χ4v) is 1.70. The summed E-state index contributed by atoms with van der Waals surface area (Å²) < 4.78 is 4.84. The van der Waals surface area contributed by atoms with Crippen LogP contribution in [0.15, 0.2) is 24.3 Å². The van der Waals surface area contributed by atoms with Crippen molar-refractivity contribution >= 4 is 22.8 Å². The Kier molecular flexibility index (Phi) is 2.97. The highest BCUT2D eigenvalue weighted by molar-refractivity contribution is 5.96. The summed E-state index contributed by atoms with van der Waals surface area (Å²) >= 11 is 0. The molecule has 0 aliphatic rings. The summed E-state index contributed by atoms with van der Waals surface area (Å²) in [5.74, 6) is -1.95. The van der Waals surface area contributed by atoms with E-state index in [2.05, 4.69) is 4.98 Å². The van der Waals surface area contributed by atoms with Gasteiger partial charge in [-0.3, -0.25) is 4.79 Å². The second-order valence-corrected chi connectivity index (χ2v) is 3.89. The van der Waals surface area contributed by atoms with E-state index < -0.39 is 11.9 Å². The number of benzene rings is 1. The van der Waals surface area contributed by atoms with Gasteiger partial charge in [0.05, 0.1) is 5.52 Å². The van der Waals surface area contributed by atoms with Crippen LogP contribution < -0.4 is 4.74 Å². The van der Waals surface area contributed by atoms with Gasteiger partial charge >= 0.3 is 11.9 Å². The molecule has 0 saturated carbocycles. The van der Waals surface area contributed by atoms with Crippen molar-refractivity contribution in [2.45, 2.75) is 13.8 Å². The van der Waals surface area contributed by atoms with Crippen molar-refractivity contribution in [3.63, 3.8) is 0 Å². The van der Waals surface area contributed by atoms with Crippen molar-refractivity contribution in [1.82, 2.24) is 4.98 Å². The number of para-hydroxylation sites is 1. The molecule has 5 nitrogen and oxygen atoms in total. The number of rotatable bonds is 2. The van der Waals surface area contributed by atoms with Crippen molar-refractivity contribution in [2.75, 3.05) is 0 Å². The van der Waals surface area contributed by atoms with Gasteiger partial charge in [0.25, 0.3) is 0 Å². The van der Waals surface area contributed by atoms with Gasteiger partial charge in [-0.25, -0.2) is 9.78 Å². The number of hydrogen-bond donors (Lipinski definition) is 1. The van der Waals surface area contributed by atoms with E-state index in [0.29, 0.717) is 10.9 Å². The number of hydrogen-bond acceptors (Lipinski definition) is 4. The number of nitrogens with zero attached hydrogens (tertiary/aromatic N) is 1. The average molecular weight is 245 g/mol. The van der Waals surface area contributed by atoms with Crippen LogP contribution in [0.2, 0.25) is 0 Å². The van der Waals surface area contributed by atoms with Crippen molar-refractivity contribution in [2.24, 2.45) is 0 Å². The minimum Gasteiger partial charge on any atom is -0.477 e. The molecule has 0 bridgehead atoms. The molecule has 1 heterocycles. The van der Waals surface area contributed by atoms with E-state index in [9.17, 15) is 9.59 Å². The molecule has 2 aromatic rings. The number of aromatic carboxylic acids is 1. The monoisotopic (exact) mass is 245 g/mol. The number of esters is 1. The standard InChI is InChI=1S/C13H11NO4/c1-7-4-3-5-9-6-10(13(16)17)12(14-11(7)9)18-8(2)15/h3-6H,1-2H3,(H,16,17). The fraction of sp³-hybridized carbons (Fsp3) is 0.154. The van der Waals surface area contributed by atoms with Gasteiger partial charge in [0.15, 0.2) is 0 Å². The molecule has 0 amide bonds. The number of carbonyl (C=O) groups is 2. The molecule has 5 heteroatoms. The number of fused-ring (bicyclic) bond motifs is 1. The summed E-state index contributed by atoms with van der Waals surface area (Å²) in [6.07, 6.45) is 0.